The maximum atomic E-state index is 12.4. The predicted octanol–water partition coefficient (Wildman–Crippen LogP) is 2.04. The van der Waals surface area contributed by atoms with Gasteiger partial charge in [-0.3, -0.25) is 15.6 Å². The molecule has 7 nitrogen and oxygen atoms in total. The van der Waals surface area contributed by atoms with E-state index in [0.717, 1.165) is 5.56 Å². The van der Waals surface area contributed by atoms with Crippen LogP contribution >= 0.6 is 23.8 Å². The van der Waals surface area contributed by atoms with E-state index in [1.54, 1.807) is 18.7 Å². The van der Waals surface area contributed by atoms with Gasteiger partial charge in [-0.25, -0.2) is 4.68 Å². The summed E-state index contributed by atoms with van der Waals surface area (Å²) in [5.41, 5.74) is 7.08. The Balaban J connectivity index is 2.00. The number of nitrogens with zero attached hydrogens (tertiary/aromatic N) is 2. The Labute approximate surface area is 163 Å². The Morgan fingerprint density at radius 2 is 2.04 bits per heavy atom. The number of hydrazine groups is 1. The predicted molar refractivity (Wildman–Crippen MR) is 105 cm³/mol. The van der Waals surface area contributed by atoms with Crippen LogP contribution < -0.4 is 16.2 Å². The van der Waals surface area contributed by atoms with Crippen molar-refractivity contribution in [2.75, 3.05) is 13.7 Å². The third kappa shape index (κ3) is 5.42. The van der Waals surface area contributed by atoms with Crippen molar-refractivity contribution in [2.45, 2.75) is 26.4 Å². The standard InChI is InChI=1S/C17H22ClN5O2S/c1-11(10-25-3)19-17(26)21-20-16(24)14-12(2)22-23(15(14)18)9-13-7-5-4-6-8-13/h4-8,11H,9-10H2,1-3H3,(H,20,24)(H2,19,21,26)/t11-/m1/s1. The molecule has 0 saturated heterocycles. The average Bonchev–Trinajstić information content (AvgIpc) is 2.87. The fourth-order valence-corrected chi connectivity index (χ4v) is 2.97. The molecule has 1 heterocycles. The molecule has 2 aromatic rings. The third-order valence-electron chi connectivity index (χ3n) is 3.55. The Bertz CT molecular complexity index is 766. The molecular weight excluding hydrogens is 374 g/mol. The van der Waals surface area contributed by atoms with E-state index in [4.69, 9.17) is 28.6 Å². The van der Waals surface area contributed by atoms with Crippen LogP contribution in [0.1, 0.15) is 28.5 Å². The summed E-state index contributed by atoms with van der Waals surface area (Å²) in [7, 11) is 1.61. The Kier molecular flexibility index (Phi) is 7.38. The lowest BCUT2D eigenvalue weighted by molar-refractivity contribution is 0.0943. The maximum absolute atomic E-state index is 12.4. The zero-order valence-corrected chi connectivity index (χ0v) is 16.4. The highest BCUT2D eigenvalue weighted by Gasteiger charge is 2.20. The molecule has 3 N–H and O–H groups in total. The van der Waals surface area contributed by atoms with Gasteiger partial charge in [0.2, 0.25) is 0 Å². The number of aryl methyl sites for hydroxylation is 1. The first-order chi connectivity index (χ1) is 12.4. The lowest BCUT2D eigenvalue weighted by Crippen LogP contribution is -2.50. The van der Waals surface area contributed by atoms with Crippen LogP contribution in [0.3, 0.4) is 0 Å². The second kappa shape index (κ2) is 9.51. The van der Waals surface area contributed by atoms with Gasteiger partial charge in [-0.2, -0.15) is 5.10 Å². The summed E-state index contributed by atoms with van der Waals surface area (Å²) in [4.78, 5) is 12.4. The second-order valence-corrected chi connectivity index (χ2v) is 6.57. The molecule has 26 heavy (non-hydrogen) atoms. The molecule has 2 rings (SSSR count). The molecule has 1 aromatic heterocycles. The molecule has 1 amide bonds. The molecule has 0 aliphatic rings. The number of carbonyl (C=O) groups is 1. The van der Waals surface area contributed by atoms with E-state index in [2.05, 4.69) is 21.3 Å². The molecular formula is C17H22ClN5O2S. The first-order valence-electron chi connectivity index (χ1n) is 8.05. The summed E-state index contributed by atoms with van der Waals surface area (Å²) < 4.78 is 6.61. The second-order valence-electron chi connectivity index (χ2n) is 5.80. The van der Waals surface area contributed by atoms with Crippen LogP contribution in [0.2, 0.25) is 5.15 Å². The quantitative estimate of drug-likeness (QED) is 0.513. The van der Waals surface area contributed by atoms with Crippen molar-refractivity contribution in [3.05, 3.63) is 52.3 Å². The van der Waals surface area contributed by atoms with E-state index in [1.807, 2.05) is 37.3 Å². The van der Waals surface area contributed by atoms with Crippen LogP contribution in [0.4, 0.5) is 0 Å². The van der Waals surface area contributed by atoms with Gasteiger partial charge in [0.05, 0.1) is 18.8 Å². The number of aromatic nitrogens is 2. The molecule has 140 valence electrons. The fraction of sp³-hybridized carbons (Fsp3) is 0.353. The average molecular weight is 396 g/mol. The SMILES string of the molecule is COC[C@@H](C)NC(=S)NNC(=O)c1c(C)nn(Cc2ccccc2)c1Cl. The van der Waals surface area contributed by atoms with Gasteiger partial charge in [0, 0.05) is 13.2 Å². The monoisotopic (exact) mass is 395 g/mol. The molecule has 0 unspecified atom stereocenters. The maximum Gasteiger partial charge on any atom is 0.274 e. The number of carbonyl (C=O) groups excluding carboxylic acids is 1. The number of hydrogen-bond acceptors (Lipinski definition) is 4. The van der Waals surface area contributed by atoms with Gasteiger partial charge in [0.1, 0.15) is 10.7 Å². The van der Waals surface area contributed by atoms with Crippen LogP contribution in [0.5, 0.6) is 0 Å². The summed E-state index contributed by atoms with van der Waals surface area (Å²) in [6, 6.07) is 9.77. The smallest absolute Gasteiger partial charge is 0.274 e. The van der Waals surface area contributed by atoms with Gasteiger partial charge >= 0.3 is 0 Å². The first-order valence-corrected chi connectivity index (χ1v) is 8.83. The van der Waals surface area contributed by atoms with E-state index in [-0.39, 0.29) is 16.3 Å². The van der Waals surface area contributed by atoms with Gasteiger partial charge in [0.15, 0.2) is 5.11 Å². The normalized spacial score (nSPS) is 11.7. The number of thiocarbonyl (C=S) groups is 1. The van der Waals surface area contributed by atoms with Gasteiger partial charge in [-0.05, 0) is 31.6 Å². The topological polar surface area (TPSA) is 80.2 Å². The number of hydrogen-bond donors (Lipinski definition) is 3. The molecule has 0 bridgehead atoms. The van der Waals surface area contributed by atoms with Crippen LogP contribution in [0, 0.1) is 6.92 Å². The lowest BCUT2D eigenvalue weighted by Gasteiger charge is -2.16. The van der Waals surface area contributed by atoms with Crippen LogP contribution in [0.25, 0.3) is 0 Å². The van der Waals surface area contributed by atoms with Gasteiger partial charge in [-0.15, -0.1) is 0 Å². The molecule has 0 aliphatic carbocycles. The summed E-state index contributed by atoms with van der Waals surface area (Å²) in [6.07, 6.45) is 0. The Hall–Kier alpha value is -2.16. The number of halogens is 1. The highest BCUT2D eigenvalue weighted by Crippen LogP contribution is 2.20. The number of nitrogens with one attached hydrogen (secondary N) is 3. The number of methoxy groups -OCH3 is 1. The van der Waals surface area contributed by atoms with E-state index in [9.17, 15) is 4.79 Å². The van der Waals surface area contributed by atoms with Gasteiger partial charge in [-0.1, -0.05) is 41.9 Å². The molecule has 9 heteroatoms. The molecule has 0 fully saturated rings. The van der Waals surface area contributed by atoms with Gasteiger partial charge < -0.3 is 10.1 Å². The van der Waals surface area contributed by atoms with Crippen molar-refractivity contribution < 1.29 is 9.53 Å². The molecule has 1 atom stereocenters. The van der Waals surface area contributed by atoms with Crippen molar-refractivity contribution in [2.24, 2.45) is 0 Å². The molecule has 0 spiro atoms. The Morgan fingerprint density at radius 3 is 2.69 bits per heavy atom. The van der Waals surface area contributed by atoms with Crippen molar-refractivity contribution in [1.29, 1.82) is 0 Å². The van der Waals surface area contributed by atoms with Crippen molar-refractivity contribution >= 4 is 34.8 Å². The van der Waals surface area contributed by atoms with Crippen LogP contribution in [0.15, 0.2) is 30.3 Å². The number of ether oxygens (including phenoxy) is 1. The zero-order chi connectivity index (χ0) is 19.1. The summed E-state index contributed by atoms with van der Waals surface area (Å²) in [6.45, 7) is 4.62. The van der Waals surface area contributed by atoms with Crippen molar-refractivity contribution in [1.82, 2.24) is 25.9 Å². The first kappa shape index (κ1) is 20.2. The summed E-state index contributed by atoms with van der Waals surface area (Å²) in [5, 5.41) is 7.90. The minimum Gasteiger partial charge on any atom is -0.383 e. The van der Waals surface area contributed by atoms with E-state index in [1.165, 1.54) is 0 Å². The molecule has 1 aromatic carbocycles. The number of rotatable bonds is 6. The molecule has 0 aliphatic heterocycles. The van der Waals surface area contributed by atoms with Gasteiger partial charge in [0.25, 0.3) is 5.91 Å². The van der Waals surface area contributed by atoms with Crippen LogP contribution in [-0.4, -0.2) is 40.6 Å². The number of amides is 1. The summed E-state index contributed by atoms with van der Waals surface area (Å²) in [5.74, 6) is -0.407. The minimum atomic E-state index is -0.407. The van der Waals surface area contributed by atoms with Crippen LogP contribution in [-0.2, 0) is 11.3 Å². The highest BCUT2D eigenvalue weighted by atomic mass is 35.5. The largest absolute Gasteiger partial charge is 0.383 e. The lowest BCUT2D eigenvalue weighted by atomic mass is 10.2. The fourth-order valence-electron chi connectivity index (χ4n) is 2.40. The van der Waals surface area contributed by atoms with E-state index in [0.29, 0.717) is 24.4 Å². The van der Waals surface area contributed by atoms with Crippen molar-refractivity contribution in [3.63, 3.8) is 0 Å². The highest BCUT2D eigenvalue weighted by molar-refractivity contribution is 7.80. The third-order valence-corrected chi connectivity index (χ3v) is 4.16. The van der Waals surface area contributed by atoms with E-state index >= 15 is 0 Å². The minimum absolute atomic E-state index is 0.0100. The number of benzene rings is 1. The zero-order valence-electron chi connectivity index (χ0n) is 14.9. The molecule has 0 radical (unpaired) electrons. The summed E-state index contributed by atoms with van der Waals surface area (Å²) >= 11 is 11.5. The van der Waals surface area contributed by atoms with Crippen molar-refractivity contribution in [3.8, 4) is 0 Å². The molecule has 0 saturated carbocycles. The Morgan fingerprint density at radius 1 is 1.35 bits per heavy atom. The van der Waals surface area contributed by atoms with E-state index < -0.39 is 5.91 Å².